The molecule has 0 N–H and O–H groups in total. The van der Waals surface area contributed by atoms with E-state index in [2.05, 4.69) is 234 Å². The van der Waals surface area contributed by atoms with Crippen molar-refractivity contribution in [3.63, 3.8) is 0 Å². The molecule has 0 aliphatic carbocycles. The van der Waals surface area contributed by atoms with Gasteiger partial charge in [0.2, 0.25) is 11.4 Å². The van der Waals surface area contributed by atoms with Crippen LogP contribution in [0.2, 0.25) is 0 Å². The minimum absolute atomic E-state index is 0.106. The van der Waals surface area contributed by atoms with E-state index in [-0.39, 0.29) is 21.7 Å². The molecule has 6 aromatic carbocycles. The van der Waals surface area contributed by atoms with E-state index in [0.29, 0.717) is 0 Å². The fourth-order valence-corrected chi connectivity index (χ4v) is 14.0. The molecule has 0 saturated carbocycles. The lowest BCUT2D eigenvalue weighted by Crippen LogP contribution is -2.33. The Morgan fingerprint density at radius 3 is 1.28 bits per heavy atom. The van der Waals surface area contributed by atoms with Crippen molar-refractivity contribution in [3.8, 4) is 11.5 Å². The molecule has 4 aliphatic rings. The monoisotopic (exact) mass is 985 g/mol. The Balaban J connectivity index is 1.02. The van der Waals surface area contributed by atoms with Crippen molar-refractivity contribution in [2.24, 2.45) is 0 Å². The molecule has 10 rings (SSSR count). The number of rotatable bonds is 17. The minimum Gasteiger partial charge on any atom is -0.497 e. The average Bonchev–Trinajstić information content (AvgIpc) is 3.98. The van der Waals surface area contributed by atoms with Crippen LogP contribution in [0.4, 0.5) is 22.7 Å². The normalized spacial score (nSPS) is 24.2. The highest BCUT2D eigenvalue weighted by atomic mass is 16.5. The summed E-state index contributed by atoms with van der Waals surface area (Å²) in [5.41, 5.74) is 15.7. The maximum Gasteiger partial charge on any atom is 0.210 e. The van der Waals surface area contributed by atoms with E-state index in [1.54, 1.807) is 14.2 Å². The quantitative estimate of drug-likeness (QED) is 0.0673. The molecule has 4 unspecified atom stereocenters. The molecule has 4 heterocycles. The summed E-state index contributed by atoms with van der Waals surface area (Å²) >= 11 is 0. The number of anilines is 2. The van der Waals surface area contributed by atoms with Crippen molar-refractivity contribution in [1.82, 2.24) is 0 Å². The number of nitrogens with zero attached hydrogens (tertiary/aromatic N) is 4. The predicted molar refractivity (Wildman–Crippen MR) is 314 cm³/mol. The lowest BCUT2D eigenvalue weighted by molar-refractivity contribution is -0.437. The Hall–Kier alpha value is -6.66. The third-order valence-electron chi connectivity index (χ3n) is 18.3. The van der Waals surface area contributed by atoms with Gasteiger partial charge in [0.15, 0.2) is 11.4 Å². The first-order valence-electron chi connectivity index (χ1n) is 27.7. The van der Waals surface area contributed by atoms with E-state index in [9.17, 15) is 0 Å². The highest BCUT2D eigenvalue weighted by molar-refractivity contribution is 6.09. The Labute approximate surface area is 442 Å². The van der Waals surface area contributed by atoms with E-state index in [0.717, 1.165) is 76.0 Å². The Kier molecular flexibility index (Phi) is 13.7. The molecule has 382 valence electrons. The van der Waals surface area contributed by atoms with Crippen molar-refractivity contribution in [1.29, 1.82) is 0 Å². The highest BCUT2D eigenvalue weighted by Crippen LogP contribution is 2.53. The number of fused-ring (bicyclic) bond motifs is 8. The summed E-state index contributed by atoms with van der Waals surface area (Å²) < 4.78 is 16.7. The second-order valence-corrected chi connectivity index (χ2v) is 22.4. The lowest BCUT2D eigenvalue weighted by Gasteiger charge is -2.27. The molecule has 74 heavy (non-hydrogen) atoms. The summed E-state index contributed by atoms with van der Waals surface area (Å²) in [6.07, 6.45) is 22.9. The molecular weight excluding hydrogens is 905 g/mol. The number of methoxy groups -OCH3 is 2. The number of benzene rings is 6. The van der Waals surface area contributed by atoms with Crippen LogP contribution >= 0.6 is 0 Å². The fraction of sp³-hybridized carbons (Fsp3) is 0.382. The second-order valence-electron chi connectivity index (χ2n) is 22.4. The molecule has 0 aromatic heterocycles. The van der Waals surface area contributed by atoms with E-state index in [1.807, 2.05) is 0 Å². The number of hydrogen-bond donors (Lipinski definition) is 0. The van der Waals surface area contributed by atoms with Gasteiger partial charge in [-0.1, -0.05) is 113 Å². The van der Waals surface area contributed by atoms with Crippen molar-refractivity contribution in [2.45, 2.75) is 128 Å². The first-order valence-corrected chi connectivity index (χ1v) is 27.7. The van der Waals surface area contributed by atoms with Gasteiger partial charge in [0, 0.05) is 108 Å². The summed E-state index contributed by atoms with van der Waals surface area (Å²) in [5.74, 6) is 1.79. The highest BCUT2D eigenvalue weighted by Gasteiger charge is 2.51. The van der Waals surface area contributed by atoms with Gasteiger partial charge in [-0.15, -0.1) is 0 Å². The number of likely N-dealkylation sites (N-methyl/N-ethyl adjacent to an activating group) is 2. The van der Waals surface area contributed by atoms with Crippen LogP contribution in [-0.4, -0.2) is 62.0 Å². The Bertz CT molecular complexity index is 3150. The molecule has 4 aliphatic heterocycles. The van der Waals surface area contributed by atoms with Gasteiger partial charge in [-0.25, -0.2) is 0 Å². The van der Waals surface area contributed by atoms with Crippen molar-refractivity contribution in [2.75, 3.05) is 51.2 Å². The van der Waals surface area contributed by atoms with Gasteiger partial charge in [-0.3, -0.25) is 0 Å². The zero-order valence-electron chi connectivity index (χ0n) is 46.5. The standard InChI is InChI=1S/C68H80N4O2/c1-13-43-71-55-39-33-47-25-17-19-27-51(47)63(55)67(7,61(71)31-23-29-59-65(5,15-3)53-37-35-49(73-11)45-57(53)69(59)9)41-21-22-42-68(8)62(72(44-14-2)56-40-34-48-26-18-20-28-52(48)64(56)68)32-24-30-60-66(6,16-4)54-38-36-50(74-12)46-58(54)70(60)10/h17-20,23-40,45-46H,13-16,21-22,41-44H2,1-12H3/q+2. The first-order chi connectivity index (χ1) is 35.8. The van der Waals surface area contributed by atoms with Gasteiger partial charge in [0.1, 0.15) is 24.6 Å². The van der Waals surface area contributed by atoms with E-state index >= 15 is 0 Å². The molecule has 6 aromatic rings. The summed E-state index contributed by atoms with van der Waals surface area (Å²) in [4.78, 5) is 4.76. The smallest absolute Gasteiger partial charge is 0.210 e. The van der Waals surface area contributed by atoms with Crippen LogP contribution < -0.4 is 19.3 Å². The summed E-state index contributed by atoms with van der Waals surface area (Å²) in [7, 11) is 7.95. The van der Waals surface area contributed by atoms with Crippen molar-refractivity contribution < 1.29 is 18.6 Å². The number of unbranched alkanes of at least 4 members (excludes halogenated alkanes) is 1. The zero-order chi connectivity index (χ0) is 52.2. The van der Waals surface area contributed by atoms with E-state index in [4.69, 9.17) is 9.47 Å². The van der Waals surface area contributed by atoms with Gasteiger partial charge in [0.25, 0.3) is 0 Å². The van der Waals surface area contributed by atoms with Gasteiger partial charge in [0.05, 0.1) is 25.0 Å². The molecule has 0 saturated heterocycles. The van der Waals surface area contributed by atoms with Gasteiger partial charge >= 0.3 is 0 Å². The summed E-state index contributed by atoms with van der Waals surface area (Å²) in [6, 6.07) is 40.8. The second kappa shape index (κ2) is 19.9. The third-order valence-corrected chi connectivity index (χ3v) is 18.3. The van der Waals surface area contributed by atoms with Crippen LogP contribution in [0.15, 0.2) is 157 Å². The maximum atomic E-state index is 5.70. The molecule has 0 radical (unpaired) electrons. The van der Waals surface area contributed by atoms with Gasteiger partial charge < -0.3 is 19.3 Å². The van der Waals surface area contributed by atoms with Crippen LogP contribution in [-0.2, 0) is 21.7 Å². The maximum absolute atomic E-state index is 5.70. The number of ether oxygens (including phenoxy) is 2. The molecule has 6 nitrogen and oxygen atoms in total. The third kappa shape index (κ3) is 7.96. The molecule has 0 amide bonds. The predicted octanol–water partition coefficient (Wildman–Crippen LogP) is 16.3. The van der Waals surface area contributed by atoms with Crippen LogP contribution in [0.1, 0.15) is 129 Å². The van der Waals surface area contributed by atoms with E-state index in [1.165, 1.54) is 89.4 Å². The Morgan fingerprint density at radius 1 is 0.500 bits per heavy atom. The minimum atomic E-state index is -0.207. The number of allylic oxidation sites excluding steroid dienone is 8. The summed E-state index contributed by atoms with van der Waals surface area (Å²) in [6.45, 7) is 21.1. The average molecular weight is 985 g/mol. The van der Waals surface area contributed by atoms with Gasteiger partial charge in [-0.05, 0) is 122 Å². The fourth-order valence-electron chi connectivity index (χ4n) is 14.0. The SMILES string of the molecule is CCC[N+]1=C(C=CC=C2N(C)c3cc(OC)ccc3C2(C)CC)C(C)(CCCCC2(C)C(C=CC=C3N(C)c4cc(OC)ccc4C3(C)CC)=[N+](CCC)c3ccc4ccccc4c32)c2c1ccc1ccccc21. The molecule has 6 heteroatoms. The molecule has 0 bridgehead atoms. The van der Waals surface area contributed by atoms with Crippen LogP contribution in [0.5, 0.6) is 11.5 Å². The van der Waals surface area contributed by atoms with E-state index < -0.39 is 0 Å². The summed E-state index contributed by atoms with van der Waals surface area (Å²) in [5, 5.41) is 5.37. The van der Waals surface area contributed by atoms with Crippen LogP contribution in [0.25, 0.3) is 21.5 Å². The van der Waals surface area contributed by atoms with Crippen molar-refractivity contribution in [3.05, 3.63) is 179 Å². The van der Waals surface area contributed by atoms with Gasteiger partial charge in [-0.2, -0.15) is 9.15 Å². The first kappa shape index (κ1) is 50.9. The molecule has 0 spiro atoms. The largest absolute Gasteiger partial charge is 0.497 e. The van der Waals surface area contributed by atoms with Crippen molar-refractivity contribution >= 4 is 55.7 Å². The number of hydrogen-bond acceptors (Lipinski definition) is 4. The van der Waals surface area contributed by atoms with Crippen LogP contribution in [0.3, 0.4) is 0 Å². The molecular formula is C68H80N4O2+2. The zero-order valence-corrected chi connectivity index (χ0v) is 46.5. The topological polar surface area (TPSA) is 31.0 Å². The molecule has 0 fully saturated rings. The van der Waals surface area contributed by atoms with Crippen LogP contribution in [0, 0.1) is 0 Å². The lowest BCUT2D eigenvalue weighted by atomic mass is 9.71. The Morgan fingerprint density at radius 2 is 0.905 bits per heavy atom. The molecule has 4 atom stereocenters.